The molecule has 1 aromatic rings. The number of nitrogens with one attached hydrogen (secondary N) is 1. The van der Waals surface area contributed by atoms with E-state index in [4.69, 9.17) is 5.73 Å². The van der Waals surface area contributed by atoms with Gasteiger partial charge in [-0.05, 0) is 24.3 Å². The third kappa shape index (κ3) is 4.38. The van der Waals surface area contributed by atoms with Gasteiger partial charge in [0.15, 0.2) is 0 Å². The zero-order valence-electron chi connectivity index (χ0n) is 9.81. The number of benzene rings is 1. The maximum Gasteiger partial charge on any atom is 0.258 e. The van der Waals surface area contributed by atoms with Gasteiger partial charge in [-0.3, -0.25) is 14.9 Å². The molecule has 0 radical (unpaired) electrons. The predicted octanol–water partition coefficient (Wildman–Crippen LogP) is 0.600. The van der Waals surface area contributed by atoms with Crippen LogP contribution in [0.5, 0.6) is 0 Å². The molecule has 0 saturated carbocycles. The Morgan fingerprint density at radius 3 is 2.35 bits per heavy atom. The van der Waals surface area contributed by atoms with Gasteiger partial charge in [-0.15, -0.1) is 0 Å². The summed E-state index contributed by atoms with van der Waals surface area (Å²) >= 11 is 0. The minimum atomic E-state index is -0.458. The molecule has 5 heteroatoms. The highest BCUT2D eigenvalue weighted by atomic mass is 16.2. The van der Waals surface area contributed by atoms with E-state index < -0.39 is 11.8 Å². The topological polar surface area (TPSA) is 75.4 Å². The SMILES string of the molecule is CN(C)C=CC(=O)NC(=O)c1ccc(N)cc1. The lowest BCUT2D eigenvalue weighted by molar-refractivity contribution is -0.115. The molecule has 1 aromatic carbocycles. The van der Waals surface area contributed by atoms with Crippen LogP contribution in [-0.4, -0.2) is 30.8 Å². The lowest BCUT2D eigenvalue weighted by Crippen LogP contribution is -2.29. The smallest absolute Gasteiger partial charge is 0.258 e. The van der Waals surface area contributed by atoms with Crippen molar-refractivity contribution >= 4 is 17.5 Å². The van der Waals surface area contributed by atoms with E-state index >= 15 is 0 Å². The molecule has 0 aromatic heterocycles. The van der Waals surface area contributed by atoms with Gasteiger partial charge in [-0.25, -0.2) is 0 Å². The molecule has 0 spiro atoms. The molecule has 5 nitrogen and oxygen atoms in total. The first-order valence-corrected chi connectivity index (χ1v) is 5.04. The van der Waals surface area contributed by atoms with E-state index in [0.29, 0.717) is 11.3 Å². The molecule has 0 unspecified atom stereocenters. The van der Waals surface area contributed by atoms with Crippen LogP contribution in [0.2, 0.25) is 0 Å². The van der Waals surface area contributed by atoms with Crippen molar-refractivity contribution in [3.05, 3.63) is 42.1 Å². The summed E-state index contributed by atoms with van der Waals surface area (Å²) in [5.74, 6) is -0.904. The lowest BCUT2D eigenvalue weighted by Gasteiger charge is -2.04. The number of rotatable bonds is 3. The summed E-state index contributed by atoms with van der Waals surface area (Å²) in [6.45, 7) is 0. The van der Waals surface area contributed by atoms with Crippen molar-refractivity contribution in [1.82, 2.24) is 10.2 Å². The van der Waals surface area contributed by atoms with Crippen LogP contribution in [0.25, 0.3) is 0 Å². The van der Waals surface area contributed by atoms with Crippen LogP contribution >= 0.6 is 0 Å². The van der Waals surface area contributed by atoms with E-state index in [1.54, 1.807) is 49.5 Å². The van der Waals surface area contributed by atoms with Crippen LogP contribution in [0, 0.1) is 0 Å². The normalized spacial score (nSPS) is 10.2. The molecule has 2 amide bonds. The average molecular weight is 233 g/mol. The molecule has 0 aliphatic carbocycles. The first-order valence-electron chi connectivity index (χ1n) is 5.04. The second-order valence-electron chi connectivity index (χ2n) is 3.72. The summed E-state index contributed by atoms with van der Waals surface area (Å²) in [5, 5.41) is 2.24. The van der Waals surface area contributed by atoms with Crippen molar-refractivity contribution in [3.63, 3.8) is 0 Å². The number of hydrogen-bond donors (Lipinski definition) is 2. The number of nitrogens with zero attached hydrogens (tertiary/aromatic N) is 1. The standard InChI is InChI=1S/C12H15N3O2/c1-15(2)8-7-11(16)14-12(17)9-3-5-10(13)6-4-9/h3-8H,13H2,1-2H3,(H,14,16,17). The van der Waals surface area contributed by atoms with Crippen LogP contribution in [0.3, 0.4) is 0 Å². The van der Waals surface area contributed by atoms with Gasteiger partial charge in [0.1, 0.15) is 0 Å². The largest absolute Gasteiger partial charge is 0.399 e. The Kier molecular flexibility index (Phi) is 4.28. The van der Waals surface area contributed by atoms with Crippen LogP contribution in [0.4, 0.5) is 5.69 Å². The Labute approximate surface area is 99.9 Å². The Bertz CT molecular complexity index is 436. The van der Waals surface area contributed by atoms with E-state index in [2.05, 4.69) is 5.32 Å². The Hall–Kier alpha value is -2.30. The average Bonchev–Trinajstić information content (AvgIpc) is 2.27. The van der Waals surface area contributed by atoms with Crippen LogP contribution in [0.15, 0.2) is 36.5 Å². The first-order chi connectivity index (χ1) is 7.99. The monoisotopic (exact) mass is 233 g/mol. The number of carbonyl (C=O) groups excluding carboxylic acids is 2. The van der Waals surface area contributed by atoms with Gasteiger partial charge < -0.3 is 10.6 Å². The van der Waals surface area contributed by atoms with Crippen molar-refractivity contribution in [2.24, 2.45) is 0 Å². The molecule has 1 rings (SSSR count). The number of hydrogen-bond acceptors (Lipinski definition) is 4. The molecule has 0 fully saturated rings. The maximum absolute atomic E-state index is 11.6. The van der Waals surface area contributed by atoms with Gasteiger partial charge in [0.05, 0.1) is 0 Å². The third-order valence-electron chi connectivity index (χ3n) is 1.93. The van der Waals surface area contributed by atoms with Gasteiger partial charge in [0.2, 0.25) is 0 Å². The minimum absolute atomic E-state index is 0.394. The first kappa shape index (κ1) is 12.8. The molecule has 0 aliphatic heterocycles. The molecular weight excluding hydrogens is 218 g/mol. The molecular formula is C12H15N3O2. The van der Waals surface area contributed by atoms with Crippen molar-refractivity contribution in [3.8, 4) is 0 Å². The fourth-order valence-corrected chi connectivity index (χ4v) is 1.08. The van der Waals surface area contributed by atoms with E-state index in [1.807, 2.05) is 0 Å². The van der Waals surface area contributed by atoms with Crippen LogP contribution in [-0.2, 0) is 4.79 Å². The van der Waals surface area contributed by atoms with Crippen molar-refractivity contribution < 1.29 is 9.59 Å². The van der Waals surface area contributed by atoms with Gasteiger partial charge in [-0.1, -0.05) is 0 Å². The molecule has 0 heterocycles. The summed E-state index contributed by atoms with van der Waals surface area (Å²) in [5.41, 5.74) is 6.46. The number of carbonyl (C=O) groups is 2. The number of nitrogens with two attached hydrogens (primary N) is 1. The van der Waals surface area contributed by atoms with Gasteiger partial charge in [-0.2, -0.15) is 0 Å². The molecule has 3 N–H and O–H groups in total. The Morgan fingerprint density at radius 1 is 1.24 bits per heavy atom. The highest BCUT2D eigenvalue weighted by Gasteiger charge is 2.07. The Balaban J connectivity index is 2.61. The van der Waals surface area contributed by atoms with Crippen molar-refractivity contribution in [2.75, 3.05) is 19.8 Å². The Morgan fingerprint density at radius 2 is 1.82 bits per heavy atom. The number of nitrogen functional groups attached to an aromatic ring is 1. The molecule has 0 bridgehead atoms. The molecule has 0 aliphatic rings. The second kappa shape index (κ2) is 5.69. The lowest BCUT2D eigenvalue weighted by atomic mass is 10.2. The molecule has 0 saturated heterocycles. The van der Waals surface area contributed by atoms with Crippen molar-refractivity contribution in [2.45, 2.75) is 0 Å². The van der Waals surface area contributed by atoms with Crippen LogP contribution in [0.1, 0.15) is 10.4 Å². The van der Waals surface area contributed by atoms with Crippen LogP contribution < -0.4 is 11.1 Å². The third-order valence-corrected chi connectivity index (χ3v) is 1.93. The summed E-state index contributed by atoms with van der Waals surface area (Å²) in [7, 11) is 3.57. The quantitative estimate of drug-likeness (QED) is 0.592. The predicted molar refractivity (Wildman–Crippen MR) is 66.2 cm³/mol. The van der Waals surface area contributed by atoms with Gasteiger partial charge in [0.25, 0.3) is 11.8 Å². The summed E-state index contributed by atoms with van der Waals surface area (Å²) < 4.78 is 0. The number of imide groups is 1. The highest BCUT2D eigenvalue weighted by molar-refractivity contribution is 6.07. The molecule has 90 valence electrons. The fraction of sp³-hybridized carbons (Fsp3) is 0.167. The van der Waals surface area contributed by atoms with E-state index in [0.717, 1.165) is 0 Å². The fourth-order valence-electron chi connectivity index (χ4n) is 1.08. The number of amides is 2. The van der Waals surface area contributed by atoms with Crippen molar-refractivity contribution in [1.29, 1.82) is 0 Å². The summed E-state index contributed by atoms with van der Waals surface area (Å²) in [6, 6.07) is 6.34. The summed E-state index contributed by atoms with van der Waals surface area (Å²) in [6.07, 6.45) is 2.85. The molecule has 17 heavy (non-hydrogen) atoms. The molecule has 0 atom stereocenters. The summed E-state index contributed by atoms with van der Waals surface area (Å²) in [4.78, 5) is 24.6. The second-order valence-corrected chi connectivity index (χ2v) is 3.72. The highest BCUT2D eigenvalue weighted by Crippen LogP contribution is 2.04. The zero-order valence-corrected chi connectivity index (χ0v) is 9.81. The van der Waals surface area contributed by atoms with E-state index in [1.165, 1.54) is 6.08 Å². The zero-order chi connectivity index (χ0) is 12.8. The maximum atomic E-state index is 11.6. The van der Waals surface area contributed by atoms with Gasteiger partial charge in [0, 0.05) is 37.6 Å². The minimum Gasteiger partial charge on any atom is -0.399 e. The number of anilines is 1. The van der Waals surface area contributed by atoms with E-state index in [-0.39, 0.29) is 0 Å². The van der Waals surface area contributed by atoms with Gasteiger partial charge >= 0.3 is 0 Å². The van der Waals surface area contributed by atoms with E-state index in [9.17, 15) is 9.59 Å².